The monoisotopic (exact) mass is 344 g/mol. The van der Waals surface area contributed by atoms with E-state index < -0.39 is 16.0 Å². The maximum Gasteiger partial charge on any atom is 0.337 e. The highest BCUT2D eigenvalue weighted by Crippen LogP contribution is 2.20. The fourth-order valence-electron chi connectivity index (χ4n) is 2.16. The Balaban J connectivity index is 2.24. The molecular weight excluding hydrogens is 328 g/mol. The van der Waals surface area contributed by atoms with E-state index in [9.17, 15) is 13.2 Å². The first-order valence-electron chi connectivity index (χ1n) is 7.03. The fourth-order valence-corrected chi connectivity index (χ4v) is 3.45. The van der Waals surface area contributed by atoms with Crippen molar-refractivity contribution in [3.05, 3.63) is 65.2 Å². The number of carbonyl (C=O) groups is 1. The summed E-state index contributed by atoms with van der Waals surface area (Å²) in [4.78, 5) is 11.4. The summed E-state index contributed by atoms with van der Waals surface area (Å²) in [6.07, 6.45) is 0. The summed E-state index contributed by atoms with van der Waals surface area (Å²) in [5.74, 6) is -0.453. The molecule has 2 rings (SSSR count). The number of sulfonamides is 1. The van der Waals surface area contributed by atoms with E-state index in [0.29, 0.717) is 11.1 Å². The van der Waals surface area contributed by atoms with Gasteiger partial charge in [-0.25, -0.2) is 13.2 Å². The van der Waals surface area contributed by atoms with Crippen LogP contribution in [0.4, 0.5) is 0 Å². The molecule has 0 aliphatic carbocycles. The van der Waals surface area contributed by atoms with Gasteiger partial charge in [0.05, 0.1) is 23.1 Å². The number of hydrogen-bond acceptors (Lipinski definition) is 5. The van der Waals surface area contributed by atoms with Crippen molar-refractivity contribution in [3.8, 4) is 6.07 Å². The van der Waals surface area contributed by atoms with Crippen molar-refractivity contribution in [2.75, 3.05) is 14.2 Å². The first kappa shape index (κ1) is 17.7. The van der Waals surface area contributed by atoms with E-state index in [1.807, 2.05) is 6.07 Å². The molecule has 0 bridgehead atoms. The molecule has 0 aliphatic heterocycles. The average molecular weight is 344 g/mol. The van der Waals surface area contributed by atoms with Gasteiger partial charge < -0.3 is 4.74 Å². The zero-order valence-corrected chi connectivity index (χ0v) is 14.1. The highest BCUT2D eigenvalue weighted by Gasteiger charge is 2.23. The number of carbonyl (C=O) groups excluding carboxylic acids is 1. The minimum absolute atomic E-state index is 0.0267. The van der Waals surface area contributed by atoms with Gasteiger partial charge in [0, 0.05) is 13.6 Å². The molecule has 0 amide bonds. The molecule has 2 aromatic carbocycles. The van der Waals surface area contributed by atoms with Gasteiger partial charge in [0.1, 0.15) is 6.07 Å². The fraction of sp³-hybridized carbons (Fsp3) is 0.176. The Kier molecular flexibility index (Phi) is 5.34. The summed E-state index contributed by atoms with van der Waals surface area (Å²) < 4.78 is 31.1. The Hall–Kier alpha value is -2.69. The van der Waals surface area contributed by atoms with Gasteiger partial charge in [0.25, 0.3) is 0 Å². The number of nitriles is 1. The van der Waals surface area contributed by atoms with Gasteiger partial charge in [0.15, 0.2) is 0 Å². The van der Waals surface area contributed by atoms with Crippen LogP contribution >= 0.6 is 0 Å². The highest BCUT2D eigenvalue weighted by molar-refractivity contribution is 7.89. The minimum atomic E-state index is -3.79. The number of benzene rings is 2. The molecule has 0 radical (unpaired) electrons. The van der Waals surface area contributed by atoms with Crippen LogP contribution in [0.25, 0.3) is 0 Å². The molecular formula is C17H16N2O4S. The van der Waals surface area contributed by atoms with E-state index in [4.69, 9.17) is 5.26 Å². The molecule has 0 unspecified atom stereocenters. The first-order chi connectivity index (χ1) is 11.4. The van der Waals surface area contributed by atoms with Crippen LogP contribution in [0.1, 0.15) is 21.5 Å². The zero-order chi connectivity index (χ0) is 17.7. The van der Waals surface area contributed by atoms with Gasteiger partial charge in [-0.2, -0.15) is 9.57 Å². The maximum absolute atomic E-state index is 12.6. The van der Waals surface area contributed by atoms with Gasteiger partial charge >= 0.3 is 5.97 Å². The van der Waals surface area contributed by atoms with Crippen LogP contribution in [0.15, 0.2) is 53.4 Å². The Bertz CT molecular complexity index is 884. The molecule has 0 saturated heterocycles. The lowest BCUT2D eigenvalue weighted by atomic mass is 10.1. The number of nitrogens with zero attached hydrogens (tertiary/aromatic N) is 2. The minimum Gasteiger partial charge on any atom is -0.465 e. The first-order valence-corrected chi connectivity index (χ1v) is 8.47. The molecule has 0 N–H and O–H groups in total. The molecule has 2 aromatic rings. The quantitative estimate of drug-likeness (QED) is 0.776. The summed E-state index contributed by atoms with van der Waals surface area (Å²) in [5.41, 5.74) is 1.20. The highest BCUT2D eigenvalue weighted by atomic mass is 32.2. The third kappa shape index (κ3) is 3.62. The van der Waals surface area contributed by atoms with Gasteiger partial charge in [-0.1, -0.05) is 24.3 Å². The maximum atomic E-state index is 12.6. The number of methoxy groups -OCH3 is 1. The van der Waals surface area contributed by atoms with Gasteiger partial charge in [0.2, 0.25) is 10.0 Å². The van der Waals surface area contributed by atoms with E-state index in [0.717, 1.165) is 4.31 Å². The van der Waals surface area contributed by atoms with Gasteiger partial charge in [-0.05, 0) is 29.8 Å². The summed E-state index contributed by atoms with van der Waals surface area (Å²) >= 11 is 0. The molecule has 0 heterocycles. The average Bonchev–Trinajstić information content (AvgIpc) is 2.61. The van der Waals surface area contributed by atoms with E-state index in [1.165, 1.54) is 26.3 Å². The van der Waals surface area contributed by atoms with Gasteiger partial charge in [-0.15, -0.1) is 0 Å². The van der Waals surface area contributed by atoms with E-state index >= 15 is 0 Å². The standard InChI is InChI=1S/C17H16N2O4S/c1-19(12-13-7-9-14(10-8-13)17(20)23-2)24(21,22)16-6-4-3-5-15(16)11-18/h3-10H,12H2,1-2H3. The van der Waals surface area contributed by atoms with Crippen LogP contribution in [-0.4, -0.2) is 32.8 Å². The normalized spacial score (nSPS) is 11.1. The summed E-state index contributed by atoms with van der Waals surface area (Å²) in [5, 5.41) is 9.08. The SMILES string of the molecule is COC(=O)c1ccc(CN(C)S(=O)(=O)c2ccccc2C#N)cc1. The Labute approximate surface area is 141 Å². The van der Waals surface area contributed by atoms with Crippen molar-refractivity contribution in [1.82, 2.24) is 4.31 Å². The van der Waals surface area contributed by atoms with Crippen LogP contribution in [0.5, 0.6) is 0 Å². The molecule has 6 nitrogen and oxygen atoms in total. The third-order valence-corrected chi connectivity index (χ3v) is 5.34. The predicted octanol–water partition coefficient (Wildman–Crippen LogP) is 2.17. The predicted molar refractivity (Wildman–Crippen MR) is 87.6 cm³/mol. The van der Waals surface area contributed by atoms with Gasteiger partial charge in [-0.3, -0.25) is 0 Å². The summed E-state index contributed by atoms with van der Waals surface area (Å²) in [7, 11) is -1.05. The van der Waals surface area contributed by atoms with Crippen LogP contribution in [0.2, 0.25) is 0 Å². The summed E-state index contributed by atoms with van der Waals surface area (Å²) in [6.45, 7) is 0.115. The summed E-state index contributed by atoms with van der Waals surface area (Å²) in [6, 6.07) is 14.4. The van der Waals surface area contributed by atoms with E-state index in [2.05, 4.69) is 4.74 Å². The van der Waals surface area contributed by atoms with Crippen LogP contribution < -0.4 is 0 Å². The lowest BCUT2D eigenvalue weighted by Crippen LogP contribution is -2.27. The second kappa shape index (κ2) is 7.25. The van der Waals surface area contributed by atoms with Crippen molar-refractivity contribution in [2.45, 2.75) is 11.4 Å². The Morgan fingerprint density at radius 2 is 1.79 bits per heavy atom. The number of ether oxygens (including phenoxy) is 1. The van der Waals surface area contributed by atoms with Crippen LogP contribution in [0, 0.1) is 11.3 Å². The van der Waals surface area contributed by atoms with E-state index in [-0.39, 0.29) is 17.0 Å². The zero-order valence-electron chi connectivity index (χ0n) is 13.3. The topological polar surface area (TPSA) is 87.5 Å². The number of rotatable bonds is 5. The van der Waals surface area contributed by atoms with Crippen molar-refractivity contribution < 1.29 is 17.9 Å². The number of hydrogen-bond donors (Lipinski definition) is 0. The molecule has 7 heteroatoms. The molecule has 124 valence electrons. The largest absolute Gasteiger partial charge is 0.465 e. The third-order valence-electron chi connectivity index (χ3n) is 3.48. The molecule has 0 spiro atoms. The molecule has 0 aromatic heterocycles. The molecule has 0 fully saturated rings. The van der Waals surface area contributed by atoms with Crippen molar-refractivity contribution in [3.63, 3.8) is 0 Å². The lowest BCUT2D eigenvalue weighted by molar-refractivity contribution is 0.0600. The molecule has 0 saturated carbocycles. The second-order valence-electron chi connectivity index (χ2n) is 5.06. The van der Waals surface area contributed by atoms with Crippen molar-refractivity contribution in [1.29, 1.82) is 5.26 Å². The smallest absolute Gasteiger partial charge is 0.337 e. The number of esters is 1. The lowest BCUT2D eigenvalue weighted by Gasteiger charge is -2.18. The molecule has 0 aliphatic rings. The van der Waals surface area contributed by atoms with E-state index in [1.54, 1.807) is 36.4 Å². The second-order valence-corrected chi connectivity index (χ2v) is 7.07. The Morgan fingerprint density at radius 3 is 2.38 bits per heavy atom. The molecule has 0 atom stereocenters. The van der Waals surface area contributed by atoms with Crippen LogP contribution in [0.3, 0.4) is 0 Å². The van der Waals surface area contributed by atoms with Crippen molar-refractivity contribution in [2.24, 2.45) is 0 Å². The molecule has 24 heavy (non-hydrogen) atoms. The van der Waals surface area contributed by atoms with Crippen LogP contribution in [-0.2, 0) is 21.3 Å². The Morgan fingerprint density at radius 1 is 1.17 bits per heavy atom. The van der Waals surface area contributed by atoms with Crippen molar-refractivity contribution >= 4 is 16.0 Å².